The van der Waals surface area contributed by atoms with E-state index in [4.69, 9.17) is 11.5 Å². The Bertz CT molecular complexity index is 1430. The predicted molar refractivity (Wildman–Crippen MR) is 123 cm³/mol. The Hall–Kier alpha value is -3.84. The molecule has 33 heavy (non-hydrogen) atoms. The molecule has 7 heteroatoms. The van der Waals surface area contributed by atoms with Crippen LogP contribution in [0.3, 0.4) is 0 Å². The molecular formula is C26H21N3O4. The Labute approximate surface area is 189 Å². The van der Waals surface area contributed by atoms with Crippen LogP contribution >= 0.6 is 0 Å². The number of nitrogen functional groups attached to an aromatic ring is 2. The van der Waals surface area contributed by atoms with Gasteiger partial charge in [-0.2, -0.15) is 0 Å². The molecule has 2 aromatic rings. The van der Waals surface area contributed by atoms with Crippen molar-refractivity contribution in [2.45, 2.75) is 25.7 Å². The third-order valence-corrected chi connectivity index (χ3v) is 7.21. The van der Waals surface area contributed by atoms with Crippen molar-refractivity contribution in [1.82, 2.24) is 5.32 Å². The topological polar surface area (TPSA) is 132 Å². The molecule has 7 nitrogen and oxygen atoms in total. The first-order valence-electron chi connectivity index (χ1n) is 11.1. The lowest BCUT2D eigenvalue weighted by atomic mass is 9.73. The Morgan fingerprint density at radius 1 is 0.545 bits per heavy atom. The van der Waals surface area contributed by atoms with Crippen molar-refractivity contribution in [1.29, 1.82) is 0 Å². The highest BCUT2D eigenvalue weighted by molar-refractivity contribution is 6.34. The summed E-state index contributed by atoms with van der Waals surface area (Å²) in [6.07, 6.45) is 2.82. The summed E-state index contributed by atoms with van der Waals surface area (Å²) in [5.74, 6) is -0.975. The number of rotatable bonds is 1. The second kappa shape index (κ2) is 6.83. The maximum atomic E-state index is 13.6. The van der Waals surface area contributed by atoms with E-state index in [0.29, 0.717) is 59.4 Å². The molecule has 3 aliphatic carbocycles. The van der Waals surface area contributed by atoms with Gasteiger partial charge in [0.2, 0.25) is 0 Å². The first-order chi connectivity index (χ1) is 15.9. The zero-order chi connectivity index (χ0) is 23.0. The summed E-state index contributed by atoms with van der Waals surface area (Å²) < 4.78 is 0. The molecule has 164 valence electrons. The van der Waals surface area contributed by atoms with E-state index in [0.717, 1.165) is 12.8 Å². The van der Waals surface area contributed by atoms with Crippen molar-refractivity contribution in [2.75, 3.05) is 24.6 Å². The number of carbonyl (C=O) groups is 4. The van der Waals surface area contributed by atoms with E-state index in [9.17, 15) is 19.2 Å². The van der Waals surface area contributed by atoms with Crippen LogP contribution < -0.4 is 16.8 Å². The van der Waals surface area contributed by atoms with Crippen LogP contribution in [0, 0.1) is 0 Å². The number of benzene rings is 2. The summed E-state index contributed by atoms with van der Waals surface area (Å²) in [7, 11) is 0. The van der Waals surface area contributed by atoms with Crippen LogP contribution in [0.2, 0.25) is 0 Å². The van der Waals surface area contributed by atoms with E-state index in [1.807, 2.05) is 0 Å². The van der Waals surface area contributed by atoms with Crippen molar-refractivity contribution in [3.05, 3.63) is 68.8 Å². The minimum atomic E-state index is -0.273. The first-order valence-corrected chi connectivity index (χ1v) is 11.1. The zero-order valence-corrected chi connectivity index (χ0v) is 17.8. The second-order valence-electron chi connectivity index (χ2n) is 8.95. The maximum Gasteiger partial charge on any atom is 0.193 e. The molecule has 0 bridgehead atoms. The molecule has 0 amide bonds. The highest BCUT2D eigenvalue weighted by atomic mass is 16.1. The molecule has 0 radical (unpaired) electrons. The third-order valence-electron chi connectivity index (χ3n) is 7.21. The van der Waals surface area contributed by atoms with Crippen molar-refractivity contribution >= 4 is 34.5 Å². The standard InChI is InChI=1S/C26H21N3O4/c27-17-7-5-11(19-21(17)24(31)14-4-2-1-3-13(14)23(19)30)12-6-8-18(28)22-20(12)25(32)15-9-29-10-16(15)26(22)33/h5-8,29H,1-4,9-10,27-28H2. The van der Waals surface area contributed by atoms with Crippen LogP contribution in [0.1, 0.15) is 67.1 Å². The summed E-state index contributed by atoms with van der Waals surface area (Å²) >= 11 is 0. The van der Waals surface area contributed by atoms with Gasteiger partial charge in [0, 0.05) is 57.9 Å². The molecule has 4 aliphatic rings. The van der Waals surface area contributed by atoms with Crippen molar-refractivity contribution in [3.8, 4) is 11.1 Å². The average Bonchev–Trinajstić information content (AvgIpc) is 3.32. The number of nitrogens with one attached hydrogen (secondary N) is 1. The molecule has 1 aliphatic heterocycles. The second-order valence-corrected chi connectivity index (χ2v) is 8.95. The van der Waals surface area contributed by atoms with E-state index < -0.39 is 0 Å². The Balaban J connectivity index is 1.64. The molecule has 0 spiro atoms. The fourth-order valence-electron chi connectivity index (χ4n) is 5.62. The van der Waals surface area contributed by atoms with E-state index in [1.165, 1.54) is 0 Å². The van der Waals surface area contributed by atoms with E-state index in [-0.39, 0.29) is 56.8 Å². The molecule has 0 fully saturated rings. The number of Topliss-reactive ketones (excluding diaryl/α,β-unsaturated/α-hetero) is 4. The van der Waals surface area contributed by atoms with Crippen LogP contribution in [-0.4, -0.2) is 36.2 Å². The van der Waals surface area contributed by atoms with Crippen LogP contribution in [-0.2, 0) is 0 Å². The van der Waals surface area contributed by atoms with Gasteiger partial charge in [-0.15, -0.1) is 0 Å². The van der Waals surface area contributed by atoms with Gasteiger partial charge in [0.15, 0.2) is 23.1 Å². The fraction of sp³-hybridized carbons (Fsp3) is 0.231. The number of nitrogens with two attached hydrogens (primary N) is 2. The molecule has 1 heterocycles. The number of ketones is 4. The zero-order valence-electron chi connectivity index (χ0n) is 17.8. The van der Waals surface area contributed by atoms with Crippen molar-refractivity contribution in [2.24, 2.45) is 0 Å². The molecule has 5 N–H and O–H groups in total. The lowest BCUT2D eigenvalue weighted by molar-refractivity contribution is 0.0965. The molecule has 2 aromatic carbocycles. The summed E-state index contributed by atoms with van der Waals surface area (Å²) in [5.41, 5.74) is 16.4. The van der Waals surface area contributed by atoms with Gasteiger partial charge in [-0.05, 0) is 48.9 Å². The van der Waals surface area contributed by atoms with Gasteiger partial charge >= 0.3 is 0 Å². The van der Waals surface area contributed by atoms with Crippen LogP contribution in [0.15, 0.2) is 46.6 Å². The Morgan fingerprint density at radius 2 is 0.939 bits per heavy atom. The summed E-state index contributed by atoms with van der Waals surface area (Å²) in [5, 5.41) is 3.06. The average molecular weight is 439 g/mol. The van der Waals surface area contributed by atoms with Gasteiger partial charge in [0.25, 0.3) is 0 Å². The normalized spacial score (nSPS) is 19.5. The molecule has 0 saturated carbocycles. The van der Waals surface area contributed by atoms with Gasteiger partial charge < -0.3 is 16.8 Å². The monoisotopic (exact) mass is 439 g/mol. The molecule has 0 atom stereocenters. The van der Waals surface area contributed by atoms with Crippen molar-refractivity contribution in [3.63, 3.8) is 0 Å². The summed E-state index contributed by atoms with van der Waals surface area (Å²) in [6, 6.07) is 6.49. The molecular weight excluding hydrogens is 418 g/mol. The maximum absolute atomic E-state index is 13.6. The van der Waals surface area contributed by atoms with Gasteiger partial charge in [-0.3, -0.25) is 19.2 Å². The van der Waals surface area contributed by atoms with E-state index in [1.54, 1.807) is 24.3 Å². The molecule has 0 aromatic heterocycles. The van der Waals surface area contributed by atoms with Gasteiger partial charge in [0.05, 0.1) is 11.1 Å². The third kappa shape index (κ3) is 2.54. The predicted octanol–water partition coefficient (Wildman–Crippen LogP) is 3.05. The van der Waals surface area contributed by atoms with Crippen molar-refractivity contribution < 1.29 is 19.2 Å². The van der Waals surface area contributed by atoms with Crippen LogP contribution in [0.4, 0.5) is 11.4 Å². The van der Waals surface area contributed by atoms with Gasteiger partial charge in [0.1, 0.15) is 0 Å². The largest absolute Gasteiger partial charge is 0.398 e. The van der Waals surface area contributed by atoms with Crippen LogP contribution in [0.25, 0.3) is 11.1 Å². The fourth-order valence-corrected chi connectivity index (χ4v) is 5.62. The lowest BCUT2D eigenvalue weighted by Gasteiger charge is -2.28. The number of hydrogen-bond donors (Lipinski definition) is 3. The molecule has 0 saturated heterocycles. The minimum absolute atomic E-state index is 0.165. The highest BCUT2D eigenvalue weighted by Gasteiger charge is 2.40. The first kappa shape index (κ1) is 19.8. The van der Waals surface area contributed by atoms with E-state index in [2.05, 4.69) is 5.32 Å². The Morgan fingerprint density at radius 3 is 1.42 bits per heavy atom. The quantitative estimate of drug-likeness (QED) is 0.582. The van der Waals surface area contributed by atoms with Gasteiger partial charge in [-0.1, -0.05) is 12.1 Å². The number of anilines is 2. The molecule has 6 rings (SSSR count). The highest BCUT2D eigenvalue weighted by Crippen LogP contribution is 2.44. The summed E-state index contributed by atoms with van der Waals surface area (Å²) in [4.78, 5) is 53.7. The minimum Gasteiger partial charge on any atom is -0.398 e. The van der Waals surface area contributed by atoms with E-state index >= 15 is 0 Å². The smallest absolute Gasteiger partial charge is 0.193 e. The number of fused-ring (bicyclic) bond motifs is 2. The Kier molecular flexibility index (Phi) is 4.10. The van der Waals surface area contributed by atoms with Crippen LogP contribution in [0.5, 0.6) is 0 Å². The summed E-state index contributed by atoms with van der Waals surface area (Å²) in [6.45, 7) is 0.630. The SMILES string of the molecule is Nc1ccc(-c2ccc(N)c3c2C(=O)C2=C(CNC2)C3=O)c2c1C(=O)C1=C(CCCC1)C2=O. The molecule has 0 unspecified atom stereocenters. The number of carbonyl (C=O) groups excluding carboxylic acids is 4. The lowest BCUT2D eigenvalue weighted by Crippen LogP contribution is -2.27. The number of hydrogen-bond acceptors (Lipinski definition) is 7. The number of allylic oxidation sites excluding steroid dienone is 2. The van der Waals surface area contributed by atoms with Gasteiger partial charge in [-0.25, -0.2) is 0 Å².